The molecule has 0 atom stereocenters. The van der Waals surface area contributed by atoms with Crippen LogP contribution < -0.4 is 5.32 Å². The molecule has 1 aromatic carbocycles. The topological polar surface area (TPSA) is 72.7 Å². The quantitative estimate of drug-likeness (QED) is 0.730. The van der Waals surface area contributed by atoms with E-state index in [2.05, 4.69) is 27.3 Å². The molecule has 0 aliphatic heterocycles. The SMILES string of the molecule is CCSc1ccccc1C(=O)Nc1cc(-n2cccn2)ncn1. The molecule has 0 spiro atoms. The Hall–Kier alpha value is -2.67. The number of benzene rings is 1. The molecular weight excluding hydrogens is 310 g/mol. The largest absolute Gasteiger partial charge is 0.306 e. The van der Waals surface area contributed by atoms with Crippen LogP contribution in [0.15, 0.2) is 60.0 Å². The highest BCUT2D eigenvalue weighted by molar-refractivity contribution is 7.99. The number of amides is 1. The maximum Gasteiger partial charge on any atom is 0.257 e. The Bertz CT molecular complexity index is 804. The molecule has 0 saturated carbocycles. The Morgan fingerprint density at radius 3 is 2.91 bits per heavy atom. The molecule has 0 aliphatic rings. The van der Waals surface area contributed by atoms with Crippen LogP contribution in [0.3, 0.4) is 0 Å². The number of carbonyl (C=O) groups is 1. The van der Waals surface area contributed by atoms with E-state index in [1.54, 1.807) is 41.0 Å². The van der Waals surface area contributed by atoms with E-state index < -0.39 is 0 Å². The first-order valence-corrected chi connectivity index (χ1v) is 8.11. The fourth-order valence-corrected chi connectivity index (χ4v) is 2.87. The standard InChI is InChI=1S/C16H15N5OS/c1-2-23-13-7-4-3-6-12(13)16(22)20-14-10-15(18-11-17-14)21-9-5-8-19-21/h3-11H,2H2,1H3,(H,17,18,20,22). The lowest BCUT2D eigenvalue weighted by atomic mass is 10.2. The van der Waals surface area contributed by atoms with Gasteiger partial charge in [-0.05, 0) is 24.0 Å². The molecule has 0 fully saturated rings. The molecule has 2 aromatic heterocycles. The first-order valence-electron chi connectivity index (χ1n) is 7.13. The molecule has 1 N–H and O–H groups in total. The molecule has 6 nitrogen and oxygen atoms in total. The summed E-state index contributed by atoms with van der Waals surface area (Å²) in [6.07, 6.45) is 4.85. The third-order valence-corrected chi connectivity index (χ3v) is 4.02. The van der Waals surface area contributed by atoms with Crippen molar-refractivity contribution in [2.75, 3.05) is 11.1 Å². The van der Waals surface area contributed by atoms with Crippen LogP contribution in [-0.2, 0) is 0 Å². The van der Waals surface area contributed by atoms with Crippen molar-refractivity contribution in [3.8, 4) is 5.82 Å². The second-order valence-electron chi connectivity index (χ2n) is 4.60. The van der Waals surface area contributed by atoms with E-state index in [-0.39, 0.29) is 5.91 Å². The molecule has 23 heavy (non-hydrogen) atoms. The maximum absolute atomic E-state index is 12.5. The summed E-state index contributed by atoms with van der Waals surface area (Å²) in [6.45, 7) is 2.06. The Labute approximate surface area is 138 Å². The predicted molar refractivity (Wildman–Crippen MR) is 89.9 cm³/mol. The van der Waals surface area contributed by atoms with E-state index in [4.69, 9.17) is 0 Å². The molecule has 7 heteroatoms. The molecule has 0 saturated heterocycles. The zero-order chi connectivity index (χ0) is 16.1. The van der Waals surface area contributed by atoms with Crippen LogP contribution >= 0.6 is 11.8 Å². The summed E-state index contributed by atoms with van der Waals surface area (Å²) in [5.41, 5.74) is 0.638. The molecule has 116 valence electrons. The highest BCUT2D eigenvalue weighted by atomic mass is 32.2. The number of carbonyl (C=O) groups excluding carboxylic acids is 1. The smallest absolute Gasteiger partial charge is 0.257 e. The van der Waals surface area contributed by atoms with Gasteiger partial charge in [0.25, 0.3) is 5.91 Å². The Balaban J connectivity index is 1.82. The number of nitrogens with one attached hydrogen (secondary N) is 1. The second-order valence-corrected chi connectivity index (χ2v) is 5.90. The molecular formula is C16H15N5OS. The molecule has 3 rings (SSSR count). The summed E-state index contributed by atoms with van der Waals surface area (Å²) < 4.78 is 1.61. The van der Waals surface area contributed by atoms with Gasteiger partial charge in [0, 0.05) is 23.4 Å². The summed E-state index contributed by atoms with van der Waals surface area (Å²) in [7, 11) is 0. The van der Waals surface area contributed by atoms with Crippen LogP contribution in [0.2, 0.25) is 0 Å². The van der Waals surface area contributed by atoms with Gasteiger partial charge in [0.2, 0.25) is 0 Å². The predicted octanol–water partition coefficient (Wildman–Crippen LogP) is 3.03. The van der Waals surface area contributed by atoms with Gasteiger partial charge in [-0.1, -0.05) is 19.1 Å². The highest BCUT2D eigenvalue weighted by Crippen LogP contribution is 2.23. The van der Waals surface area contributed by atoms with Crippen molar-refractivity contribution in [2.45, 2.75) is 11.8 Å². The lowest BCUT2D eigenvalue weighted by molar-refractivity contribution is 0.102. The summed E-state index contributed by atoms with van der Waals surface area (Å²) >= 11 is 1.63. The fraction of sp³-hybridized carbons (Fsp3) is 0.125. The molecule has 0 aliphatic carbocycles. The van der Waals surface area contributed by atoms with Crippen LogP contribution in [0.1, 0.15) is 17.3 Å². The minimum absolute atomic E-state index is 0.188. The van der Waals surface area contributed by atoms with Crippen molar-refractivity contribution in [2.24, 2.45) is 0 Å². The molecule has 0 unspecified atom stereocenters. The van der Waals surface area contributed by atoms with Gasteiger partial charge in [-0.15, -0.1) is 11.8 Å². The minimum atomic E-state index is -0.188. The van der Waals surface area contributed by atoms with Gasteiger partial charge in [-0.2, -0.15) is 5.10 Å². The zero-order valence-electron chi connectivity index (χ0n) is 12.5. The molecule has 0 bridgehead atoms. The summed E-state index contributed by atoms with van der Waals surface area (Å²) in [5.74, 6) is 1.75. The summed E-state index contributed by atoms with van der Waals surface area (Å²) in [4.78, 5) is 21.7. The number of nitrogens with zero attached hydrogens (tertiary/aromatic N) is 4. The van der Waals surface area contributed by atoms with Crippen molar-refractivity contribution >= 4 is 23.5 Å². The van der Waals surface area contributed by atoms with E-state index in [0.29, 0.717) is 17.2 Å². The van der Waals surface area contributed by atoms with Gasteiger partial charge in [-0.25, -0.2) is 14.6 Å². The third-order valence-electron chi connectivity index (χ3n) is 3.06. The van der Waals surface area contributed by atoms with Gasteiger partial charge in [0.05, 0.1) is 5.56 Å². The number of hydrogen-bond donors (Lipinski definition) is 1. The zero-order valence-corrected chi connectivity index (χ0v) is 13.3. The number of hydrogen-bond acceptors (Lipinski definition) is 5. The molecule has 1 amide bonds. The number of anilines is 1. The fourth-order valence-electron chi connectivity index (χ4n) is 2.06. The van der Waals surface area contributed by atoms with E-state index in [1.807, 2.05) is 24.3 Å². The van der Waals surface area contributed by atoms with E-state index in [9.17, 15) is 4.79 Å². The van der Waals surface area contributed by atoms with Gasteiger partial charge >= 0.3 is 0 Å². The minimum Gasteiger partial charge on any atom is -0.306 e. The lowest BCUT2D eigenvalue weighted by Crippen LogP contribution is -2.14. The Morgan fingerprint density at radius 2 is 2.13 bits per heavy atom. The van der Waals surface area contributed by atoms with Gasteiger partial charge in [0.15, 0.2) is 5.82 Å². The second kappa shape index (κ2) is 7.06. The third kappa shape index (κ3) is 3.57. The monoisotopic (exact) mass is 325 g/mol. The Morgan fingerprint density at radius 1 is 1.26 bits per heavy atom. The van der Waals surface area contributed by atoms with Gasteiger partial charge < -0.3 is 5.32 Å². The van der Waals surface area contributed by atoms with Gasteiger partial charge in [-0.3, -0.25) is 4.79 Å². The molecule has 2 heterocycles. The average molecular weight is 325 g/mol. The van der Waals surface area contributed by atoms with Crippen LogP contribution in [0.25, 0.3) is 5.82 Å². The average Bonchev–Trinajstić information content (AvgIpc) is 3.10. The van der Waals surface area contributed by atoms with Crippen molar-refractivity contribution in [3.63, 3.8) is 0 Å². The van der Waals surface area contributed by atoms with Crippen molar-refractivity contribution in [3.05, 3.63) is 60.7 Å². The lowest BCUT2D eigenvalue weighted by Gasteiger charge is -2.09. The summed E-state index contributed by atoms with van der Waals surface area (Å²) in [5, 5.41) is 6.93. The van der Waals surface area contributed by atoms with E-state index >= 15 is 0 Å². The van der Waals surface area contributed by atoms with Crippen LogP contribution in [0.4, 0.5) is 5.82 Å². The van der Waals surface area contributed by atoms with Crippen LogP contribution in [-0.4, -0.2) is 31.4 Å². The Kier molecular flexibility index (Phi) is 4.68. The first kappa shape index (κ1) is 15.2. The number of rotatable bonds is 5. The van der Waals surface area contributed by atoms with Crippen molar-refractivity contribution < 1.29 is 4.79 Å². The summed E-state index contributed by atoms with van der Waals surface area (Å²) in [6, 6.07) is 11.0. The normalized spacial score (nSPS) is 10.5. The first-order chi connectivity index (χ1) is 11.3. The highest BCUT2D eigenvalue weighted by Gasteiger charge is 2.12. The maximum atomic E-state index is 12.5. The van der Waals surface area contributed by atoms with Crippen LogP contribution in [0, 0.1) is 0 Å². The van der Waals surface area contributed by atoms with Crippen molar-refractivity contribution in [1.82, 2.24) is 19.7 Å². The van der Waals surface area contributed by atoms with Crippen LogP contribution in [0.5, 0.6) is 0 Å². The molecule has 0 radical (unpaired) electrons. The van der Waals surface area contributed by atoms with Gasteiger partial charge in [0.1, 0.15) is 12.1 Å². The van der Waals surface area contributed by atoms with Crippen molar-refractivity contribution in [1.29, 1.82) is 0 Å². The van der Waals surface area contributed by atoms with E-state index in [0.717, 1.165) is 10.6 Å². The number of thioether (sulfide) groups is 1. The molecule has 3 aromatic rings. The number of aromatic nitrogens is 4. The van der Waals surface area contributed by atoms with E-state index in [1.165, 1.54) is 6.33 Å².